The molecule has 128 valence electrons. The average molecular weight is 342 g/mol. The molecule has 0 aliphatic carbocycles. The Hall–Kier alpha value is -2.91. The van der Waals surface area contributed by atoms with Gasteiger partial charge in [-0.15, -0.1) is 0 Å². The summed E-state index contributed by atoms with van der Waals surface area (Å²) in [6, 6.07) is 5.12. The van der Waals surface area contributed by atoms with Gasteiger partial charge in [-0.2, -0.15) is 17.9 Å². The van der Waals surface area contributed by atoms with Gasteiger partial charge in [-0.05, 0) is 29.5 Å². The molecule has 1 aromatic heterocycles. The lowest BCUT2D eigenvalue weighted by molar-refractivity contribution is -0.389. The van der Waals surface area contributed by atoms with Crippen molar-refractivity contribution in [3.63, 3.8) is 0 Å². The minimum absolute atomic E-state index is 0.281. The van der Waals surface area contributed by atoms with Crippen molar-refractivity contribution in [2.24, 2.45) is 0 Å². The van der Waals surface area contributed by atoms with Gasteiger partial charge in [0.1, 0.15) is 6.54 Å². The number of alkyl halides is 3. The second-order valence-electron chi connectivity index (χ2n) is 5.04. The molecule has 0 radical (unpaired) electrons. The average Bonchev–Trinajstić information content (AvgIpc) is 2.95. The van der Waals surface area contributed by atoms with Gasteiger partial charge in [0.2, 0.25) is 5.91 Å². The van der Waals surface area contributed by atoms with Gasteiger partial charge in [-0.25, -0.2) is 0 Å². The van der Waals surface area contributed by atoms with Crippen LogP contribution in [0.5, 0.6) is 0 Å². The van der Waals surface area contributed by atoms with Crippen LogP contribution in [0.15, 0.2) is 36.5 Å². The summed E-state index contributed by atoms with van der Waals surface area (Å²) in [6.45, 7) is 1.26. The van der Waals surface area contributed by atoms with Crippen LogP contribution >= 0.6 is 0 Å². The summed E-state index contributed by atoms with van der Waals surface area (Å²) in [7, 11) is 0. The van der Waals surface area contributed by atoms with Crippen molar-refractivity contribution in [1.82, 2.24) is 15.1 Å². The zero-order valence-corrected chi connectivity index (χ0v) is 12.4. The summed E-state index contributed by atoms with van der Waals surface area (Å²) in [5.74, 6) is -0.924. The predicted molar refractivity (Wildman–Crippen MR) is 76.9 cm³/mol. The Labute approximate surface area is 134 Å². The molecule has 0 saturated carbocycles. The first-order valence-corrected chi connectivity index (χ1v) is 6.81. The zero-order chi connectivity index (χ0) is 17.9. The Balaban J connectivity index is 2.02. The molecule has 1 aromatic carbocycles. The van der Waals surface area contributed by atoms with Crippen molar-refractivity contribution in [3.05, 3.63) is 57.8 Å². The largest absolute Gasteiger partial charge is 0.416 e. The summed E-state index contributed by atoms with van der Waals surface area (Å²) < 4.78 is 39.2. The Morgan fingerprint density at radius 3 is 2.71 bits per heavy atom. The van der Waals surface area contributed by atoms with E-state index in [0.29, 0.717) is 5.56 Å². The molecule has 1 atom stereocenters. The van der Waals surface area contributed by atoms with Crippen LogP contribution in [0.4, 0.5) is 19.0 Å². The fourth-order valence-electron chi connectivity index (χ4n) is 2.04. The smallest absolute Gasteiger partial charge is 0.358 e. The van der Waals surface area contributed by atoms with E-state index in [1.165, 1.54) is 18.3 Å². The van der Waals surface area contributed by atoms with Crippen molar-refractivity contribution < 1.29 is 22.9 Å². The maximum Gasteiger partial charge on any atom is 0.416 e. The summed E-state index contributed by atoms with van der Waals surface area (Å²) in [4.78, 5) is 21.7. The Bertz CT molecular complexity index is 758. The van der Waals surface area contributed by atoms with Crippen LogP contribution < -0.4 is 5.32 Å². The Kier molecular flexibility index (Phi) is 4.86. The first-order valence-electron chi connectivity index (χ1n) is 6.81. The molecule has 0 saturated heterocycles. The number of amides is 1. The molecule has 24 heavy (non-hydrogen) atoms. The molecule has 10 heteroatoms. The topological polar surface area (TPSA) is 90.1 Å². The molecular formula is C14H13F3N4O3. The van der Waals surface area contributed by atoms with Crippen molar-refractivity contribution in [1.29, 1.82) is 0 Å². The molecule has 0 aliphatic heterocycles. The van der Waals surface area contributed by atoms with Crippen LogP contribution in [0.3, 0.4) is 0 Å². The van der Waals surface area contributed by atoms with E-state index in [0.717, 1.165) is 22.9 Å². The number of nitrogens with zero attached hydrogens (tertiary/aromatic N) is 3. The minimum atomic E-state index is -4.46. The lowest BCUT2D eigenvalue weighted by atomic mass is 10.0. The molecule has 0 fully saturated rings. The minimum Gasteiger partial charge on any atom is -0.358 e. The maximum atomic E-state index is 12.7. The van der Waals surface area contributed by atoms with Crippen LogP contribution in [0.2, 0.25) is 0 Å². The van der Waals surface area contributed by atoms with Gasteiger partial charge >= 0.3 is 12.0 Å². The number of rotatable bonds is 5. The Morgan fingerprint density at radius 2 is 2.12 bits per heavy atom. The summed E-state index contributed by atoms with van der Waals surface area (Å²) >= 11 is 0. The van der Waals surface area contributed by atoms with E-state index in [4.69, 9.17) is 0 Å². The van der Waals surface area contributed by atoms with Gasteiger partial charge in [-0.3, -0.25) is 4.79 Å². The fraction of sp³-hybridized carbons (Fsp3) is 0.286. The van der Waals surface area contributed by atoms with Crippen LogP contribution in [-0.2, 0) is 17.5 Å². The van der Waals surface area contributed by atoms with E-state index in [2.05, 4.69) is 10.4 Å². The van der Waals surface area contributed by atoms with Gasteiger partial charge in [0.15, 0.2) is 0 Å². The third-order valence-corrected chi connectivity index (χ3v) is 3.21. The first-order chi connectivity index (χ1) is 11.2. The number of aromatic nitrogens is 2. The molecule has 2 aromatic rings. The van der Waals surface area contributed by atoms with Gasteiger partial charge in [0.25, 0.3) is 0 Å². The molecule has 1 amide bonds. The third kappa shape index (κ3) is 4.31. The van der Waals surface area contributed by atoms with E-state index in [-0.39, 0.29) is 6.54 Å². The number of halogens is 3. The van der Waals surface area contributed by atoms with E-state index in [1.54, 1.807) is 6.92 Å². The second kappa shape index (κ2) is 6.69. The summed E-state index contributed by atoms with van der Waals surface area (Å²) in [5.41, 5.74) is -0.506. The zero-order valence-electron chi connectivity index (χ0n) is 12.4. The first kappa shape index (κ1) is 17.4. The van der Waals surface area contributed by atoms with Gasteiger partial charge in [0.05, 0.1) is 29.0 Å². The predicted octanol–water partition coefficient (Wildman–Crippen LogP) is 2.69. The van der Waals surface area contributed by atoms with Crippen LogP contribution in [0, 0.1) is 10.1 Å². The molecule has 2 rings (SSSR count). The van der Waals surface area contributed by atoms with Crippen molar-refractivity contribution in [3.8, 4) is 0 Å². The maximum absolute atomic E-state index is 12.7. The highest BCUT2D eigenvalue weighted by atomic mass is 19.4. The third-order valence-electron chi connectivity index (χ3n) is 3.21. The standard InChI is InChI=1S/C14H13F3N4O3/c1-9(10-3-2-4-11(7-10)14(15,16)17)18-13(22)8-20-6-5-12(19-20)21(23)24/h2-7,9H,8H2,1H3,(H,18,22). The van der Waals surface area contributed by atoms with Crippen LogP contribution in [0.25, 0.3) is 0 Å². The van der Waals surface area contributed by atoms with Crippen molar-refractivity contribution in [2.75, 3.05) is 0 Å². The van der Waals surface area contributed by atoms with E-state index in [1.807, 2.05) is 0 Å². The van der Waals surface area contributed by atoms with E-state index in [9.17, 15) is 28.1 Å². The van der Waals surface area contributed by atoms with Gasteiger partial charge < -0.3 is 15.4 Å². The number of hydrogen-bond donors (Lipinski definition) is 1. The molecule has 7 nitrogen and oxygen atoms in total. The highest BCUT2D eigenvalue weighted by Crippen LogP contribution is 2.30. The Morgan fingerprint density at radius 1 is 1.42 bits per heavy atom. The number of nitro groups is 1. The van der Waals surface area contributed by atoms with Gasteiger partial charge in [-0.1, -0.05) is 12.1 Å². The molecule has 0 bridgehead atoms. The number of carbonyl (C=O) groups is 1. The highest BCUT2D eigenvalue weighted by Gasteiger charge is 2.30. The molecule has 0 spiro atoms. The van der Waals surface area contributed by atoms with Crippen LogP contribution in [0.1, 0.15) is 24.1 Å². The molecule has 1 N–H and O–H groups in total. The van der Waals surface area contributed by atoms with Crippen molar-refractivity contribution >= 4 is 11.7 Å². The molecule has 1 unspecified atom stereocenters. The normalized spacial score (nSPS) is 12.7. The highest BCUT2D eigenvalue weighted by molar-refractivity contribution is 5.76. The van der Waals surface area contributed by atoms with Crippen molar-refractivity contribution in [2.45, 2.75) is 25.7 Å². The quantitative estimate of drug-likeness (QED) is 0.668. The van der Waals surface area contributed by atoms with E-state index < -0.39 is 34.4 Å². The monoisotopic (exact) mass is 342 g/mol. The van der Waals surface area contributed by atoms with Crippen LogP contribution in [-0.4, -0.2) is 20.6 Å². The van der Waals surface area contributed by atoms with E-state index >= 15 is 0 Å². The summed E-state index contributed by atoms with van der Waals surface area (Å²) in [6.07, 6.45) is -3.19. The van der Waals surface area contributed by atoms with Gasteiger partial charge in [0, 0.05) is 0 Å². The molecule has 0 aliphatic rings. The number of carbonyl (C=O) groups excluding carboxylic acids is 1. The summed E-state index contributed by atoms with van der Waals surface area (Å²) in [5, 5.41) is 16.6. The molecule has 1 heterocycles. The lowest BCUT2D eigenvalue weighted by Crippen LogP contribution is -2.30. The second-order valence-corrected chi connectivity index (χ2v) is 5.04. The fourth-order valence-corrected chi connectivity index (χ4v) is 2.04. The number of benzene rings is 1. The molecular weight excluding hydrogens is 329 g/mol. The SMILES string of the molecule is CC(NC(=O)Cn1ccc([N+](=O)[O-])n1)c1cccc(C(F)(F)F)c1. The lowest BCUT2D eigenvalue weighted by Gasteiger charge is -2.16. The number of nitrogens with one attached hydrogen (secondary N) is 1. The number of hydrogen-bond acceptors (Lipinski definition) is 4.